The van der Waals surface area contributed by atoms with Gasteiger partial charge in [-0.1, -0.05) is 5.16 Å². The van der Waals surface area contributed by atoms with Crippen molar-refractivity contribution in [3.05, 3.63) is 12.2 Å². The maximum atomic E-state index is 11.6. The van der Waals surface area contributed by atoms with Gasteiger partial charge in [-0.15, -0.1) is 0 Å². The van der Waals surface area contributed by atoms with Gasteiger partial charge in [0.2, 0.25) is 11.7 Å². The molecular formula is C9H9N5O3. The van der Waals surface area contributed by atoms with Crippen molar-refractivity contribution in [2.45, 2.75) is 18.3 Å². The molecule has 2 aromatic rings. The number of aromatic nitrogens is 5. The van der Waals surface area contributed by atoms with Crippen molar-refractivity contribution in [3.63, 3.8) is 0 Å². The number of nitrogens with zero attached hydrogens (tertiary/aromatic N) is 4. The molecule has 0 unspecified atom stereocenters. The van der Waals surface area contributed by atoms with Crippen LogP contribution in [0, 0.1) is 0 Å². The lowest BCUT2D eigenvalue weighted by atomic mass is 10.1. The highest BCUT2D eigenvalue weighted by atomic mass is 16.5. The molecule has 1 aliphatic carbocycles. The summed E-state index contributed by atoms with van der Waals surface area (Å²) in [5, 5.41) is 10.1. The third-order valence-corrected chi connectivity index (χ3v) is 2.79. The van der Waals surface area contributed by atoms with Crippen LogP contribution < -0.4 is 0 Å². The molecule has 0 atom stereocenters. The standard InChI is InChI=1S/C9H9N5O3/c1-16-8(15)9(2-3-9)7-12-6(14-17-7)5-10-4-11-13-5/h4H,2-3H2,1H3,(H,10,11,13). The van der Waals surface area contributed by atoms with E-state index in [0.29, 0.717) is 18.7 Å². The second kappa shape index (κ2) is 3.37. The molecule has 1 fully saturated rings. The van der Waals surface area contributed by atoms with Crippen LogP contribution in [-0.2, 0) is 14.9 Å². The Morgan fingerprint density at radius 2 is 2.41 bits per heavy atom. The van der Waals surface area contributed by atoms with Gasteiger partial charge in [-0.3, -0.25) is 9.89 Å². The predicted molar refractivity (Wildman–Crippen MR) is 52.6 cm³/mol. The van der Waals surface area contributed by atoms with Crippen molar-refractivity contribution in [1.82, 2.24) is 25.3 Å². The molecule has 1 saturated carbocycles. The summed E-state index contributed by atoms with van der Waals surface area (Å²) in [4.78, 5) is 19.6. The fourth-order valence-electron chi connectivity index (χ4n) is 1.65. The van der Waals surface area contributed by atoms with Gasteiger partial charge in [0.1, 0.15) is 11.7 Å². The van der Waals surface area contributed by atoms with Crippen LogP contribution in [0.1, 0.15) is 18.7 Å². The summed E-state index contributed by atoms with van der Waals surface area (Å²) in [5.41, 5.74) is -0.750. The van der Waals surface area contributed by atoms with Gasteiger partial charge in [0.25, 0.3) is 0 Å². The Kier molecular flexibility index (Phi) is 1.97. The van der Waals surface area contributed by atoms with Crippen molar-refractivity contribution in [3.8, 4) is 11.6 Å². The zero-order chi connectivity index (χ0) is 11.9. The van der Waals surface area contributed by atoms with E-state index in [4.69, 9.17) is 9.26 Å². The minimum Gasteiger partial charge on any atom is -0.468 e. The zero-order valence-electron chi connectivity index (χ0n) is 9.01. The summed E-state index contributed by atoms with van der Waals surface area (Å²) in [6.45, 7) is 0. The summed E-state index contributed by atoms with van der Waals surface area (Å²) in [6, 6.07) is 0. The van der Waals surface area contributed by atoms with E-state index < -0.39 is 5.41 Å². The molecule has 0 aliphatic heterocycles. The van der Waals surface area contributed by atoms with Crippen LogP contribution in [0.4, 0.5) is 0 Å². The molecule has 8 heteroatoms. The van der Waals surface area contributed by atoms with Crippen LogP contribution in [0.25, 0.3) is 11.6 Å². The number of nitrogens with one attached hydrogen (secondary N) is 1. The van der Waals surface area contributed by atoms with Gasteiger partial charge >= 0.3 is 5.97 Å². The number of H-pyrrole nitrogens is 1. The zero-order valence-corrected chi connectivity index (χ0v) is 9.01. The maximum absolute atomic E-state index is 11.6. The summed E-state index contributed by atoms with van der Waals surface area (Å²) in [7, 11) is 1.34. The molecule has 0 bridgehead atoms. The Balaban J connectivity index is 1.94. The van der Waals surface area contributed by atoms with Crippen molar-refractivity contribution in [2.75, 3.05) is 7.11 Å². The van der Waals surface area contributed by atoms with E-state index in [1.807, 2.05) is 0 Å². The van der Waals surface area contributed by atoms with E-state index in [1.165, 1.54) is 13.4 Å². The molecule has 8 nitrogen and oxygen atoms in total. The van der Waals surface area contributed by atoms with Gasteiger partial charge in [-0.2, -0.15) is 10.1 Å². The Morgan fingerprint density at radius 1 is 1.59 bits per heavy atom. The summed E-state index contributed by atoms with van der Waals surface area (Å²) >= 11 is 0. The number of carbonyl (C=O) groups is 1. The maximum Gasteiger partial charge on any atom is 0.321 e. The lowest BCUT2D eigenvalue weighted by molar-refractivity contribution is -0.144. The Bertz CT molecular complexity index is 543. The first kappa shape index (κ1) is 9.94. The molecule has 0 radical (unpaired) electrons. The minimum atomic E-state index is -0.750. The molecule has 0 saturated heterocycles. The second-order valence-corrected chi connectivity index (χ2v) is 3.83. The average molecular weight is 235 g/mol. The van der Waals surface area contributed by atoms with Gasteiger partial charge < -0.3 is 9.26 Å². The van der Waals surface area contributed by atoms with Crippen LogP contribution in [0.3, 0.4) is 0 Å². The number of methoxy groups -OCH3 is 1. The van der Waals surface area contributed by atoms with Crippen molar-refractivity contribution < 1.29 is 14.1 Å². The molecule has 3 rings (SSSR count). The van der Waals surface area contributed by atoms with Crippen molar-refractivity contribution in [1.29, 1.82) is 0 Å². The van der Waals surface area contributed by atoms with Crippen LogP contribution >= 0.6 is 0 Å². The third-order valence-electron chi connectivity index (χ3n) is 2.79. The summed E-state index contributed by atoms with van der Waals surface area (Å²) in [5.74, 6) is 0.620. The quantitative estimate of drug-likeness (QED) is 0.749. The van der Waals surface area contributed by atoms with Crippen LogP contribution in [0.5, 0.6) is 0 Å². The largest absolute Gasteiger partial charge is 0.468 e. The monoisotopic (exact) mass is 235 g/mol. The van der Waals surface area contributed by atoms with Crippen molar-refractivity contribution in [2.24, 2.45) is 0 Å². The summed E-state index contributed by atoms with van der Waals surface area (Å²) in [6.07, 6.45) is 2.67. The first-order chi connectivity index (χ1) is 8.26. The molecular weight excluding hydrogens is 226 g/mol. The number of hydrogen-bond acceptors (Lipinski definition) is 7. The van der Waals surface area contributed by atoms with E-state index in [9.17, 15) is 4.79 Å². The van der Waals surface area contributed by atoms with Crippen molar-refractivity contribution >= 4 is 5.97 Å². The van der Waals surface area contributed by atoms with E-state index in [0.717, 1.165) is 0 Å². The van der Waals surface area contributed by atoms with Gasteiger partial charge in [-0.25, -0.2) is 4.98 Å². The number of rotatable bonds is 3. The van der Waals surface area contributed by atoms with Gasteiger partial charge in [0, 0.05) is 0 Å². The Labute approximate surface area is 95.4 Å². The molecule has 0 amide bonds. The smallest absolute Gasteiger partial charge is 0.321 e. The molecule has 0 aromatic carbocycles. The molecule has 2 aromatic heterocycles. The molecule has 1 aliphatic rings. The molecule has 0 spiro atoms. The number of carbonyl (C=O) groups excluding carboxylic acids is 1. The van der Waals surface area contributed by atoms with E-state index in [-0.39, 0.29) is 17.7 Å². The number of ether oxygens (including phenoxy) is 1. The lowest BCUT2D eigenvalue weighted by Gasteiger charge is -2.05. The highest BCUT2D eigenvalue weighted by Crippen LogP contribution is 2.48. The predicted octanol–water partition coefficient (Wildman–Crippen LogP) is 0.0593. The first-order valence-electron chi connectivity index (χ1n) is 5.04. The average Bonchev–Trinajstić information content (AvgIpc) is 2.84. The second-order valence-electron chi connectivity index (χ2n) is 3.83. The number of hydrogen-bond donors (Lipinski definition) is 1. The fourth-order valence-corrected chi connectivity index (χ4v) is 1.65. The minimum absolute atomic E-state index is 0.274. The number of esters is 1. The first-order valence-corrected chi connectivity index (χ1v) is 5.04. The van der Waals surface area contributed by atoms with E-state index >= 15 is 0 Å². The highest BCUT2D eigenvalue weighted by molar-refractivity contribution is 5.85. The van der Waals surface area contributed by atoms with E-state index in [1.54, 1.807) is 0 Å². The fraction of sp³-hybridized carbons (Fsp3) is 0.444. The molecule has 17 heavy (non-hydrogen) atoms. The SMILES string of the molecule is COC(=O)C1(c2nc(-c3ncn[nH]3)no2)CC1. The molecule has 2 heterocycles. The van der Waals surface area contributed by atoms with E-state index in [2.05, 4.69) is 25.3 Å². The normalized spacial score (nSPS) is 16.8. The van der Waals surface area contributed by atoms with Crippen LogP contribution in [0.15, 0.2) is 10.9 Å². The van der Waals surface area contributed by atoms with Gasteiger partial charge in [0.05, 0.1) is 7.11 Å². The van der Waals surface area contributed by atoms with Gasteiger partial charge in [-0.05, 0) is 12.8 Å². The number of aromatic amines is 1. The molecule has 88 valence electrons. The van der Waals surface area contributed by atoms with Gasteiger partial charge in [0.15, 0.2) is 5.82 Å². The Morgan fingerprint density at radius 3 is 3.00 bits per heavy atom. The lowest BCUT2D eigenvalue weighted by Crippen LogP contribution is -2.22. The summed E-state index contributed by atoms with van der Waals surface area (Å²) < 4.78 is 9.82. The Hall–Kier alpha value is -2.25. The van der Waals surface area contributed by atoms with Crippen LogP contribution in [-0.4, -0.2) is 38.4 Å². The third kappa shape index (κ3) is 1.41. The van der Waals surface area contributed by atoms with Crippen LogP contribution in [0.2, 0.25) is 0 Å². The molecule has 1 N–H and O–H groups in total. The topological polar surface area (TPSA) is 107 Å². The highest BCUT2D eigenvalue weighted by Gasteiger charge is 2.57.